The molecule has 8 N–H and O–H groups in total. The SMILES string of the molecule is CCc1cccc(C(=O)N[C@H]2CN3C(N)=N[C@@H](CN4C(=O)CCC4=O)[C@@H]4N=C(N)N[C@@]43C2(O)O)c1. The van der Waals surface area contributed by atoms with Crippen molar-refractivity contribution in [3.63, 3.8) is 0 Å². The standard InChI is InChI=1S/C22H28N8O5/c1-2-11-4-3-5-12(8-11)18(33)26-14-10-30-20(24)25-13(9-29-15(31)6-7-16(29)32)17-21(30,22(14,34)35)28-19(23)27-17/h3-5,8,13-14,17,34-35H,2,6-7,9-10H2,1H3,(H2,24,25)(H,26,33)(H3,23,27,28)/t13-,14-,17-,21-/m0/s1. The second-order valence-corrected chi connectivity index (χ2v) is 9.22. The molecule has 13 nitrogen and oxygen atoms in total. The number of benzene rings is 1. The number of likely N-dealkylation sites (tertiary alicyclic amines) is 1. The molecule has 13 heteroatoms. The van der Waals surface area contributed by atoms with Crippen LogP contribution in [0.15, 0.2) is 34.3 Å². The summed E-state index contributed by atoms with van der Waals surface area (Å²) in [6.07, 6.45) is 0.950. The molecule has 1 aromatic carbocycles. The van der Waals surface area contributed by atoms with Crippen molar-refractivity contribution < 1.29 is 24.6 Å². The van der Waals surface area contributed by atoms with E-state index in [-0.39, 0.29) is 49.7 Å². The molecule has 0 aromatic heterocycles. The average Bonchev–Trinajstić information content (AvgIpc) is 3.42. The summed E-state index contributed by atoms with van der Waals surface area (Å²) < 4.78 is 0. The van der Waals surface area contributed by atoms with Crippen molar-refractivity contribution in [1.82, 2.24) is 20.4 Å². The molecule has 4 aliphatic heterocycles. The summed E-state index contributed by atoms with van der Waals surface area (Å²) in [5.74, 6) is -3.90. The average molecular weight is 485 g/mol. The molecule has 35 heavy (non-hydrogen) atoms. The lowest BCUT2D eigenvalue weighted by molar-refractivity contribution is -0.230. The predicted octanol–water partition coefficient (Wildman–Crippen LogP) is -2.83. The minimum Gasteiger partial charge on any atom is -0.370 e. The molecule has 3 amide bonds. The summed E-state index contributed by atoms with van der Waals surface area (Å²) in [5, 5.41) is 28.5. The molecule has 1 aromatic rings. The molecule has 1 spiro atoms. The van der Waals surface area contributed by atoms with Crippen LogP contribution in [0.5, 0.6) is 0 Å². The van der Waals surface area contributed by atoms with Crippen LogP contribution in [0.2, 0.25) is 0 Å². The second kappa shape index (κ2) is 7.92. The third kappa shape index (κ3) is 3.33. The number of hydrogen-bond donors (Lipinski definition) is 6. The number of carbonyl (C=O) groups excluding carboxylic acids is 3. The van der Waals surface area contributed by atoms with Crippen molar-refractivity contribution in [3.05, 3.63) is 35.4 Å². The van der Waals surface area contributed by atoms with Crippen LogP contribution < -0.4 is 22.1 Å². The number of aryl methyl sites for hydroxylation is 1. The Labute approximate surface area is 200 Å². The topological polar surface area (TPSA) is 199 Å². The van der Waals surface area contributed by atoms with Crippen LogP contribution in [0.4, 0.5) is 0 Å². The van der Waals surface area contributed by atoms with E-state index in [0.717, 1.165) is 16.9 Å². The fraction of sp³-hybridized carbons (Fsp3) is 0.500. The number of nitrogens with two attached hydrogens (primary N) is 2. The van der Waals surface area contributed by atoms with Crippen molar-refractivity contribution in [2.24, 2.45) is 21.5 Å². The maximum Gasteiger partial charge on any atom is 0.251 e. The molecular weight excluding hydrogens is 456 g/mol. The number of rotatable bonds is 5. The van der Waals surface area contributed by atoms with Gasteiger partial charge in [-0.3, -0.25) is 19.3 Å². The first-order valence-electron chi connectivity index (χ1n) is 11.5. The first-order valence-corrected chi connectivity index (χ1v) is 11.5. The number of amides is 3. The molecular formula is C22H28N8O5. The molecule has 0 bridgehead atoms. The molecule has 0 saturated carbocycles. The molecule has 0 aliphatic carbocycles. The Kier molecular flexibility index (Phi) is 5.21. The molecule has 2 saturated heterocycles. The van der Waals surface area contributed by atoms with Gasteiger partial charge in [0.1, 0.15) is 12.1 Å². The number of hydrogen-bond acceptors (Lipinski definition) is 11. The van der Waals surface area contributed by atoms with E-state index in [4.69, 9.17) is 11.5 Å². The Morgan fingerprint density at radius 1 is 1.23 bits per heavy atom. The van der Waals surface area contributed by atoms with Gasteiger partial charge in [-0.15, -0.1) is 0 Å². The van der Waals surface area contributed by atoms with Crippen molar-refractivity contribution >= 4 is 29.6 Å². The lowest BCUT2D eigenvalue weighted by Gasteiger charge is -2.49. The van der Waals surface area contributed by atoms with Crippen LogP contribution in [-0.2, 0) is 16.0 Å². The summed E-state index contributed by atoms with van der Waals surface area (Å²) in [7, 11) is 0. The Bertz CT molecular complexity index is 1150. The Hall–Kier alpha value is -3.71. The maximum absolute atomic E-state index is 13.0. The van der Waals surface area contributed by atoms with E-state index in [1.54, 1.807) is 18.2 Å². The summed E-state index contributed by atoms with van der Waals surface area (Å²) in [6.45, 7) is 1.74. The maximum atomic E-state index is 13.0. The van der Waals surface area contributed by atoms with E-state index in [1.165, 1.54) is 4.90 Å². The van der Waals surface area contributed by atoms with E-state index in [2.05, 4.69) is 20.6 Å². The smallest absolute Gasteiger partial charge is 0.251 e. The molecule has 186 valence electrons. The first kappa shape index (κ1) is 23.1. The molecule has 4 aliphatic rings. The molecule has 0 radical (unpaired) electrons. The van der Waals surface area contributed by atoms with Gasteiger partial charge in [0, 0.05) is 24.9 Å². The van der Waals surface area contributed by atoms with Gasteiger partial charge in [-0.1, -0.05) is 19.1 Å². The van der Waals surface area contributed by atoms with E-state index in [9.17, 15) is 24.6 Å². The quantitative estimate of drug-likeness (QED) is 0.188. The highest BCUT2D eigenvalue weighted by Crippen LogP contribution is 2.45. The fourth-order valence-corrected chi connectivity index (χ4v) is 5.42. The summed E-state index contributed by atoms with van der Waals surface area (Å²) in [5.41, 5.74) is 11.8. The number of nitrogens with one attached hydrogen (secondary N) is 2. The molecule has 2 fully saturated rings. The Morgan fingerprint density at radius 2 is 1.94 bits per heavy atom. The number of aliphatic imine (C=N–C) groups is 2. The summed E-state index contributed by atoms with van der Waals surface area (Å²) in [4.78, 5) is 48.7. The van der Waals surface area contributed by atoms with Gasteiger partial charge in [0.2, 0.25) is 17.6 Å². The highest BCUT2D eigenvalue weighted by Gasteiger charge is 2.73. The van der Waals surface area contributed by atoms with Gasteiger partial charge >= 0.3 is 0 Å². The van der Waals surface area contributed by atoms with E-state index >= 15 is 0 Å². The minimum atomic E-state index is -2.60. The third-order valence-corrected chi connectivity index (χ3v) is 7.23. The Morgan fingerprint density at radius 3 is 2.63 bits per heavy atom. The largest absolute Gasteiger partial charge is 0.370 e. The van der Waals surface area contributed by atoms with Gasteiger partial charge in [0.15, 0.2) is 17.6 Å². The molecule has 5 rings (SSSR count). The number of nitrogens with zero attached hydrogens (tertiary/aromatic N) is 4. The van der Waals surface area contributed by atoms with Gasteiger partial charge in [-0.2, -0.15) is 0 Å². The molecule has 0 unspecified atom stereocenters. The van der Waals surface area contributed by atoms with Gasteiger partial charge < -0.3 is 37.2 Å². The number of aliphatic hydroxyl groups is 2. The van der Waals surface area contributed by atoms with Crippen molar-refractivity contribution in [2.45, 2.75) is 55.8 Å². The fourth-order valence-electron chi connectivity index (χ4n) is 5.42. The van der Waals surface area contributed by atoms with Crippen molar-refractivity contribution in [2.75, 3.05) is 13.1 Å². The number of guanidine groups is 2. The molecule has 4 atom stereocenters. The van der Waals surface area contributed by atoms with Gasteiger partial charge in [0.25, 0.3) is 5.91 Å². The zero-order valence-electron chi connectivity index (χ0n) is 19.1. The minimum absolute atomic E-state index is 0.0556. The van der Waals surface area contributed by atoms with Gasteiger partial charge in [-0.05, 0) is 24.1 Å². The second-order valence-electron chi connectivity index (χ2n) is 9.22. The Balaban J connectivity index is 1.46. The zero-order valence-corrected chi connectivity index (χ0v) is 19.1. The monoisotopic (exact) mass is 484 g/mol. The zero-order chi connectivity index (χ0) is 25.1. The number of imide groups is 1. The highest BCUT2D eigenvalue weighted by atomic mass is 16.5. The van der Waals surface area contributed by atoms with Crippen LogP contribution in [0, 0.1) is 0 Å². The summed E-state index contributed by atoms with van der Waals surface area (Å²) >= 11 is 0. The van der Waals surface area contributed by atoms with Crippen molar-refractivity contribution in [1.29, 1.82) is 0 Å². The molecule has 4 heterocycles. The van der Waals surface area contributed by atoms with Crippen LogP contribution >= 0.6 is 0 Å². The lowest BCUT2D eigenvalue weighted by Crippen LogP contribution is -2.78. The van der Waals surface area contributed by atoms with Crippen LogP contribution in [0.25, 0.3) is 0 Å². The highest BCUT2D eigenvalue weighted by molar-refractivity contribution is 6.02. The van der Waals surface area contributed by atoms with Crippen LogP contribution in [0.3, 0.4) is 0 Å². The van der Waals surface area contributed by atoms with Crippen LogP contribution in [0.1, 0.15) is 35.7 Å². The van der Waals surface area contributed by atoms with E-state index in [0.29, 0.717) is 5.56 Å². The normalized spacial score (nSPS) is 31.0. The predicted molar refractivity (Wildman–Crippen MR) is 124 cm³/mol. The first-order chi connectivity index (χ1) is 16.6. The lowest BCUT2D eigenvalue weighted by atomic mass is 9.84. The summed E-state index contributed by atoms with van der Waals surface area (Å²) in [6, 6.07) is 3.96. The third-order valence-electron chi connectivity index (χ3n) is 7.23. The van der Waals surface area contributed by atoms with Crippen molar-refractivity contribution in [3.8, 4) is 0 Å². The van der Waals surface area contributed by atoms with E-state index < -0.39 is 35.5 Å². The van der Waals surface area contributed by atoms with Crippen LogP contribution in [-0.4, -0.2) is 92.3 Å². The van der Waals surface area contributed by atoms with Gasteiger partial charge in [0.05, 0.1) is 12.6 Å². The van der Waals surface area contributed by atoms with Gasteiger partial charge in [-0.25, -0.2) is 9.98 Å². The number of carbonyl (C=O) groups is 3. The van der Waals surface area contributed by atoms with E-state index in [1.807, 2.05) is 13.0 Å².